The van der Waals surface area contributed by atoms with Crippen molar-refractivity contribution in [2.24, 2.45) is 5.73 Å². The summed E-state index contributed by atoms with van der Waals surface area (Å²) in [6.07, 6.45) is 6.82. The van der Waals surface area contributed by atoms with E-state index in [4.69, 9.17) is 5.73 Å². The molecule has 2 N–H and O–H groups in total. The van der Waals surface area contributed by atoms with E-state index >= 15 is 0 Å². The lowest BCUT2D eigenvalue weighted by Gasteiger charge is -2.18. The van der Waals surface area contributed by atoms with Gasteiger partial charge < -0.3 is 5.73 Å². The van der Waals surface area contributed by atoms with E-state index in [1.807, 2.05) is 0 Å². The lowest BCUT2D eigenvalue weighted by Crippen LogP contribution is -2.04. The summed E-state index contributed by atoms with van der Waals surface area (Å²) >= 11 is 1.79. The molecule has 0 unspecified atom stereocenters. The van der Waals surface area contributed by atoms with Gasteiger partial charge in [0.25, 0.3) is 0 Å². The molecule has 1 aliphatic rings. The van der Waals surface area contributed by atoms with Crippen molar-refractivity contribution in [3.8, 4) is 0 Å². The van der Waals surface area contributed by atoms with Crippen molar-refractivity contribution in [2.45, 2.75) is 44.6 Å². The number of thiazole rings is 1. The molecule has 72 valence electrons. The van der Waals surface area contributed by atoms with Gasteiger partial charge >= 0.3 is 0 Å². The predicted octanol–water partition coefficient (Wildman–Crippen LogP) is 2.65. The second-order valence-electron chi connectivity index (χ2n) is 3.72. The Labute approximate surface area is 83.2 Å². The van der Waals surface area contributed by atoms with Crippen molar-refractivity contribution in [3.63, 3.8) is 0 Å². The highest BCUT2D eigenvalue weighted by Gasteiger charge is 2.18. The summed E-state index contributed by atoms with van der Waals surface area (Å²) in [5.41, 5.74) is 6.60. The van der Waals surface area contributed by atoms with Crippen molar-refractivity contribution in [3.05, 3.63) is 16.1 Å². The van der Waals surface area contributed by atoms with Crippen LogP contribution in [0.4, 0.5) is 0 Å². The smallest absolute Gasteiger partial charge is 0.0959 e. The molecule has 1 saturated carbocycles. The molecule has 0 atom stereocenters. The molecular formula is C10H16N2S. The van der Waals surface area contributed by atoms with Gasteiger partial charge in [-0.3, -0.25) is 0 Å². The molecule has 1 fully saturated rings. The van der Waals surface area contributed by atoms with Crippen LogP contribution in [-0.4, -0.2) is 4.98 Å². The Morgan fingerprint density at radius 1 is 1.38 bits per heavy atom. The van der Waals surface area contributed by atoms with Gasteiger partial charge in [-0.25, -0.2) is 4.98 Å². The van der Waals surface area contributed by atoms with Crippen molar-refractivity contribution >= 4 is 11.3 Å². The normalized spacial score (nSPS) is 19.2. The van der Waals surface area contributed by atoms with E-state index < -0.39 is 0 Å². The van der Waals surface area contributed by atoms with Gasteiger partial charge in [-0.2, -0.15) is 0 Å². The van der Waals surface area contributed by atoms with Gasteiger partial charge in [-0.05, 0) is 12.8 Å². The van der Waals surface area contributed by atoms with E-state index in [1.54, 1.807) is 11.3 Å². The molecular weight excluding hydrogens is 180 g/mol. The van der Waals surface area contributed by atoms with Crippen LogP contribution in [0, 0.1) is 0 Å². The fourth-order valence-corrected chi connectivity index (χ4v) is 2.96. The zero-order valence-corrected chi connectivity index (χ0v) is 8.65. The third kappa shape index (κ3) is 2.09. The Hall–Kier alpha value is -0.410. The molecule has 0 saturated heterocycles. The SMILES string of the molecule is NCc1csc(C2CCCCC2)n1. The standard InChI is InChI=1S/C10H16N2S/c11-6-9-7-13-10(12-9)8-4-2-1-3-5-8/h7-8H,1-6,11H2. The molecule has 0 bridgehead atoms. The maximum atomic E-state index is 5.54. The molecule has 0 aromatic carbocycles. The minimum atomic E-state index is 0.587. The number of rotatable bonds is 2. The molecule has 1 aromatic heterocycles. The summed E-state index contributed by atoms with van der Waals surface area (Å²) in [6.45, 7) is 0.587. The van der Waals surface area contributed by atoms with Crippen LogP contribution in [0.2, 0.25) is 0 Å². The molecule has 3 heteroatoms. The topological polar surface area (TPSA) is 38.9 Å². The lowest BCUT2D eigenvalue weighted by atomic mass is 9.90. The molecule has 0 aliphatic heterocycles. The average molecular weight is 196 g/mol. The monoisotopic (exact) mass is 196 g/mol. The first-order chi connectivity index (χ1) is 6.40. The lowest BCUT2D eigenvalue weighted by molar-refractivity contribution is 0.442. The van der Waals surface area contributed by atoms with Gasteiger partial charge in [0.2, 0.25) is 0 Å². The van der Waals surface area contributed by atoms with Crippen LogP contribution >= 0.6 is 11.3 Å². The molecule has 2 rings (SSSR count). The predicted molar refractivity (Wildman–Crippen MR) is 55.8 cm³/mol. The molecule has 13 heavy (non-hydrogen) atoms. The summed E-state index contributed by atoms with van der Waals surface area (Å²) in [5, 5.41) is 3.42. The molecule has 0 spiro atoms. The first-order valence-corrected chi connectivity index (χ1v) is 5.92. The Morgan fingerprint density at radius 2 is 2.15 bits per heavy atom. The van der Waals surface area contributed by atoms with E-state index in [-0.39, 0.29) is 0 Å². The molecule has 1 heterocycles. The van der Waals surface area contributed by atoms with Gasteiger partial charge in [0.05, 0.1) is 10.7 Å². The van der Waals surface area contributed by atoms with Gasteiger partial charge in [-0.1, -0.05) is 19.3 Å². The zero-order valence-electron chi connectivity index (χ0n) is 7.83. The summed E-state index contributed by atoms with van der Waals surface area (Å²) in [6, 6.07) is 0. The number of nitrogens with zero attached hydrogens (tertiary/aromatic N) is 1. The number of aromatic nitrogens is 1. The minimum absolute atomic E-state index is 0.587. The minimum Gasteiger partial charge on any atom is -0.325 e. The van der Waals surface area contributed by atoms with Gasteiger partial charge in [-0.15, -0.1) is 11.3 Å². The molecule has 0 radical (unpaired) electrons. The van der Waals surface area contributed by atoms with Crippen molar-refractivity contribution in [2.75, 3.05) is 0 Å². The number of hydrogen-bond donors (Lipinski definition) is 1. The fourth-order valence-electron chi connectivity index (χ4n) is 1.95. The third-order valence-electron chi connectivity index (χ3n) is 2.73. The summed E-state index contributed by atoms with van der Waals surface area (Å²) in [5.74, 6) is 0.735. The Balaban J connectivity index is 2.05. The van der Waals surface area contributed by atoms with E-state index in [1.165, 1.54) is 37.1 Å². The highest BCUT2D eigenvalue weighted by atomic mass is 32.1. The van der Waals surface area contributed by atoms with Gasteiger partial charge in [0.1, 0.15) is 0 Å². The summed E-state index contributed by atoms with van der Waals surface area (Å²) < 4.78 is 0. The van der Waals surface area contributed by atoms with Crippen LogP contribution < -0.4 is 5.73 Å². The maximum absolute atomic E-state index is 5.54. The Kier molecular flexibility index (Phi) is 2.96. The van der Waals surface area contributed by atoms with Crippen LogP contribution in [0.1, 0.15) is 48.7 Å². The van der Waals surface area contributed by atoms with E-state index in [0.717, 1.165) is 11.6 Å². The molecule has 2 nitrogen and oxygen atoms in total. The van der Waals surface area contributed by atoms with E-state index in [0.29, 0.717) is 6.54 Å². The largest absolute Gasteiger partial charge is 0.325 e. The average Bonchev–Trinajstić information content (AvgIpc) is 2.67. The molecule has 1 aliphatic carbocycles. The van der Waals surface area contributed by atoms with Crippen LogP contribution in [0.3, 0.4) is 0 Å². The summed E-state index contributed by atoms with van der Waals surface area (Å²) in [4.78, 5) is 4.55. The van der Waals surface area contributed by atoms with Gasteiger partial charge in [0, 0.05) is 17.8 Å². The summed E-state index contributed by atoms with van der Waals surface area (Å²) in [7, 11) is 0. The Morgan fingerprint density at radius 3 is 2.77 bits per heavy atom. The van der Waals surface area contributed by atoms with E-state index in [9.17, 15) is 0 Å². The third-order valence-corrected chi connectivity index (χ3v) is 3.79. The number of hydrogen-bond acceptors (Lipinski definition) is 3. The van der Waals surface area contributed by atoms with Crippen molar-refractivity contribution < 1.29 is 0 Å². The maximum Gasteiger partial charge on any atom is 0.0959 e. The van der Waals surface area contributed by atoms with E-state index in [2.05, 4.69) is 10.4 Å². The Bertz CT molecular complexity index is 264. The number of nitrogens with two attached hydrogens (primary N) is 1. The quantitative estimate of drug-likeness (QED) is 0.789. The van der Waals surface area contributed by atoms with Gasteiger partial charge in [0.15, 0.2) is 0 Å². The van der Waals surface area contributed by atoms with Crippen LogP contribution in [0.15, 0.2) is 5.38 Å². The second kappa shape index (κ2) is 4.20. The van der Waals surface area contributed by atoms with Crippen LogP contribution in [-0.2, 0) is 6.54 Å². The first-order valence-electron chi connectivity index (χ1n) is 5.04. The highest BCUT2D eigenvalue weighted by Crippen LogP contribution is 2.33. The van der Waals surface area contributed by atoms with Crippen LogP contribution in [0.25, 0.3) is 0 Å². The second-order valence-corrected chi connectivity index (χ2v) is 4.61. The highest BCUT2D eigenvalue weighted by molar-refractivity contribution is 7.09. The van der Waals surface area contributed by atoms with Crippen molar-refractivity contribution in [1.29, 1.82) is 0 Å². The van der Waals surface area contributed by atoms with Crippen LogP contribution in [0.5, 0.6) is 0 Å². The zero-order chi connectivity index (χ0) is 9.10. The molecule has 1 aromatic rings. The van der Waals surface area contributed by atoms with Crippen molar-refractivity contribution in [1.82, 2.24) is 4.98 Å². The first kappa shape index (κ1) is 9.16. The molecule has 0 amide bonds. The fraction of sp³-hybridized carbons (Fsp3) is 0.700.